The van der Waals surface area contributed by atoms with Crippen molar-refractivity contribution in [3.05, 3.63) is 40.5 Å². The van der Waals surface area contributed by atoms with Crippen LogP contribution in [0.2, 0.25) is 5.02 Å². The van der Waals surface area contributed by atoms with E-state index < -0.39 is 0 Å². The van der Waals surface area contributed by atoms with E-state index in [4.69, 9.17) is 27.9 Å². The number of benzene rings is 1. The smallest absolute Gasteiger partial charge is 0.137 e. The lowest BCUT2D eigenvalue weighted by atomic mass is 10.0. The van der Waals surface area contributed by atoms with Gasteiger partial charge in [-0.1, -0.05) is 17.7 Å². The van der Waals surface area contributed by atoms with Gasteiger partial charge >= 0.3 is 0 Å². The second-order valence-electron chi connectivity index (χ2n) is 4.10. The SMILES string of the molecule is COc1cc(C(NN)c2cnn(C)c2N)ccc1Cl. The number of anilines is 1. The Bertz CT molecular complexity index is 583. The first-order valence-electron chi connectivity index (χ1n) is 5.65. The summed E-state index contributed by atoms with van der Waals surface area (Å²) in [6.45, 7) is 0. The highest BCUT2D eigenvalue weighted by Crippen LogP contribution is 2.31. The zero-order valence-corrected chi connectivity index (χ0v) is 11.5. The molecule has 19 heavy (non-hydrogen) atoms. The van der Waals surface area contributed by atoms with Crippen LogP contribution in [0.15, 0.2) is 24.4 Å². The maximum Gasteiger partial charge on any atom is 0.137 e. The molecule has 7 heteroatoms. The molecule has 0 bridgehead atoms. The third kappa shape index (κ3) is 2.51. The van der Waals surface area contributed by atoms with Gasteiger partial charge in [-0.15, -0.1) is 0 Å². The van der Waals surface area contributed by atoms with Crippen LogP contribution in [0.3, 0.4) is 0 Å². The molecule has 1 aromatic carbocycles. The molecule has 2 aromatic rings. The second kappa shape index (κ2) is 5.48. The monoisotopic (exact) mass is 281 g/mol. The fourth-order valence-corrected chi connectivity index (χ4v) is 2.10. The highest BCUT2D eigenvalue weighted by molar-refractivity contribution is 6.32. The first-order chi connectivity index (χ1) is 9.08. The number of ether oxygens (including phenoxy) is 1. The number of hydrogen-bond acceptors (Lipinski definition) is 5. The maximum atomic E-state index is 6.01. The average Bonchev–Trinajstić information content (AvgIpc) is 2.74. The Morgan fingerprint density at radius 2 is 2.21 bits per heavy atom. The molecule has 1 aromatic heterocycles. The zero-order valence-electron chi connectivity index (χ0n) is 10.7. The quantitative estimate of drug-likeness (QED) is 0.579. The molecule has 2 rings (SSSR count). The summed E-state index contributed by atoms with van der Waals surface area (Å²) in [6, 6.07) is 5.16. The summed E-state index contributed by atoms with van der Waals surface area (Å²) in [7, 11) is 3.34. The number of hydrogen-bond donors (Lipinski definition) is 3. The molecule has 0 aliphatic heterocycles. The Kier molecular flexibility index (Phi) is 3.94. The maximum absolute atomic E-state index is 6.01. The Morgan fingerprint density at radius 1 is 1.47 bits per heavy atom. The van der Waals surface area contributed by atoms with E-state index in [2.05, 4.69) is 10.5 Å². The fourth-order valence-electron chi connectivity index (χ4n) is 1.91. The first-order valence-corrected chi connectivity index (χ1v) is 6.03. The Morgan fingerprint density at radius 3 is 2.74 bits per heavy atom. The van der Waals surface area contributed by atoms with Gasteiger partial charge in [0.25, 0.3) is 0 Å². The van der Waals surface area contributed by atoms with Gasteiger partial charge in [0.05, 0.1) is 24.4 Å². The van der Waals surface area contributed by atoms with Crippen LogP contribution in [0.4, 0.5) is 5.82 Å². The van der Waals surface area contributed by atoms with Crippen LogP contribution in [0, 0.1) is 0 Å². The molecule has 1 unspecified atom stereocenters. The highest BCUT2D eigenvalue weighted by Gasteiger charge is 2.19. The molecule has 0 saturated heterocycles. The number of nitrogen functional groups attached to an aromatic ring is 1. The molecule has 102 valence electrons. The topological polar surface area (TPSA) is 91.1 Å². The molecule has 1 atom stereocenters. The second-order valence-corrected chi connectivity index (χ2v) is 4.51. The molecule has 1 heterocycles. The minimum absolute atomic E-state index is 0.278. The summed E-state index contributed by atoms with van der Waals surface area (Å²) < 4.78 is 6.79. The number of nitrogens with two attached hydrogens (primary N) is 2. The number of halogens is 1. The van der Waals surface area contributed by atoms with Crippen molar-refractivity contribution in [3.63, 3.8) is 0 Å². The summed E-state index contributed by atoms with van der Waals surface area (Å²) in [5.41, 5.74) is 10.4. The summed E-state index contributed by atoms with van der Waals surface area (Å²) in [5.74, 6) is 6.77. The minimum Gasteiger partial charge on any atom is -0.495 e. The number of nitrogens with one attached hydrogen (secondary N) is 1. The van der Waals surface area contributed by atoms with E-state index in [1.807, 2.05) is 12.1 Å². The standard InChI is InChI=1S/C12H16ClN5O/c1-18-12(14)8(6-16-18)11(17-15)7-3-4-9(13)10(5-7)19-2/h3-6,11,17H,14-15H2,1-2H3. The Labute approximate surface area is 116 Å². The van der Waals surface area contributed by atoms with Gasteiger partial charge in [0.15, 0.2) is 0 Å². The third-order valence-electron chi connectivity index (χ3n) is 3.00. The van der Waals surface area contributed by atoms with Crippen molar-refractivity contribution in [1.82, 2.24) is 15.2 Å². The Balaban J connectivity index is 2.45. The average molecular weight is 282 g/mol. The van der Waals surface area contributed by atoms with Crippen LogP contribution in [0.25, 0.3) is 0 Å². The Hall–Kier alpha value is -1.76. The van der Waals surface area contributed by atoms with Crippen LogP contribution in [-0.4, -0.2) is 16.9 Å². The lowest BCUT2D eigenvalue weighted by Gasteiger charge is -2.17. The lowest BCUT2D eigenvalue weighted by Crippen LogP contribution is -2.29. The van der Waals surface area contributed by atoms with E-state index in [-0.39, 0.29) is 6.04 Å². The van der Waals surface area contributed by atoms with E-state index in [1.54, 1.807) is 31.1 Å². The van der Waals surface area contributed by atoms with Gasteiger partial charge in [-0.3, -0.25) is 10.5 Å². The number of hydrazine groups is 1. The number of methoxy groups -OCH3 is 1. The van der Waals surface area contributed by atoms with E-state index in [0.29, 0.717) is 16.6 Å². The lowest BCUT2D eigenvalue weighted by molar-refractivity contribution is 0.414. The van der Waals surface area contributed by atoms with Gasteiger partial charge < -0.3 is 10.5 Å². The van der Waals surface area contributed by atoms with Crippen LogP contribution in [0.5, 0.6) is 5.75 Å². The first kappa shape index (κ1) is 13.7. The molecule has 0 aliphatic carbocycles. The van der Waals surface area contributed by atoms with Crippen molar-refractivity contribution in [2.75, 3.05) is 12.8 Å². The van der Waals surface area contributed by atoms with E-state index in [1.165, 1.54) is 0 Å². The van der Waals surface area contributed by atoms with Gasteiger partial charge in [0, 0.05) is 12.6 Å². The molecular formula is C12H16ClN5O. The zero-order chi connectivity index (χ0) is 14.0. The fraction of sp³-hybridized carbons (Fsp3) is 0.250. The van der Waals surface area contributed by atoms with Crippen molar-refractivity contribution in [1.29, 1.82) is 0 Å². The van der Waals surface area contributed by atoms with Crippen molar-refractivity contribution >= 4 is 17.4 Å². The van der Waals surface area contributed by atoms with Crippen LogP contribution in [-0.2, 0) is 7.05 Å². The van der Waals surface area contributed by atoms with Crippen molar-refractivity contribution < 1.29 is 4.74 Å². The summed E-state index contributed by atoms with van der Waals surface area (Å²) >= 11 is 6.01. The molecular weight excluding hydrogens is 266 g/mol. The van der Waals surface area contributed by atoms with Crippen LogP contribution < -0.4 is 21.7 Å². The summed E-state index contributed by atoms with van der Waals surface area (Å²) in [5, 5.41) is 4.65. The molecule has 0 saturated carbocycles. The van der Waals surface area contributed by atoms with Crippen molar-refractivity contribution in [3.8, 4) is 5.75 Å². The molecule has 0 spiro atoms. The predicted octanol–water partition coefficient (Wildman–Crippen LogP) is 1.22. The van der Waals surface area contributed by atoms with Crippen LogP contribution >= 0.6 is 11.6 Å². The summed E-state index contributed by atoms with van der Waals surface area (Å²) in [6.07, 6.45) is 1.68. The van der Waals surface area contributed by atoms with Gasteiger partial charge in [-0.25, -0.2) is 5.43 Å². The van der Waals surface area contributed by atoms with E-state index in [0.717, 1.165) is 11.1 Å². The van der Waals surface area contributed by atoms with Gasteiger partial charge in [0.1, 0.15) is 11.6 Å². The van der Waals surface area contributed by atoms with Crippen molar-refractivity contribution in [2.45, 2.75) is 6.04 Å². The molecule has 0 radical (unpaired) electrons. The highest BCUT2D eigenvalue weighted by atomic mass is 35.5. The van der Waals surface area contributed by atoms with Gasteiger partial charge in [-0.05, 0) is 17.7 Å². The molecule has 0 fully saturated rings. The van der Waals surface area contributed by atoms with Gasteiger partial charge in [0.2, 0.25) is 0 Å². The largest absolute Gasteiger partial charge is 0.495 e. The van der Waals surface area contributed by atoms with Crippen LogP contribution in [0.1, 0.15) is 17.2 Å². The third-order valence-corrected chi connectivity index (χ3v) is 3.31. The number of aromatic nitrogens is 2. The summed E-state index contributed by atoms with van der Waals surface area (Å²) in [4.78, 5) is 0. The number of rotatable bonds is 4. The minimum atomic E-state index is -0.278. The number of nitrogens with zero attached hydrogens (tertiary/aromatic N) is 2. The number of aryl methyl sites for hydroxylation is 1. The molecule has 5 N–H and O–H groups in total. The van der Waals surface area contributed by atoms with Gasteiger partial charge in [-0.2, -0.15) is 5.10 Å². The molecule has 0 aliphatic rings. The molecule has 6 nitrogen and oxygen atoms in total. The molecule has 0 amide bonds. The predicted molar refractivity (Wildman–Crippen MR) is 74.8 cm³/mol. The normalized spacial score (nSPS) is 12.4. The van der Waals surface area contributed by atoms with Crippen molar-refractivity contribution in [2.24, 2.45) is 12.9 Å². The van der Waals surface area contributed by atoms with E-state index >= 15 is 0 Å². The van der Waals surface area contributed by atoms with E-state index in [9.17, 15) is 0 Å².